The average Bonchev–Trinajstić information content (AvgIpc) is 1.97. The van der Waals surface area contributed by atoms with E-state index in [1.807, 2.05) is 7.05 Å². The van der Waals surface area contributed by atoms with Crippen LogP contribution in [-0.2, 0) is 0 Å². The summed E-state index contributed by atoms with van der Waals surface area (Å²) >= 11 is 0. The molecule has 0 radical (unpaired) electrons. The molecule has 0 bridgehead atoms. The van der Waals surface area contributed by atoms with Crippen molar-refractivity contribution in [2.24, 2.45) is 5.92 Å². The maximum atomic E-state index is 3.17. The van der Waals surface area contributed by atoms with Crippen LogP contribution in [0.1, 0.15) is 19.8 Å². The summed E-state index contributed by atoms with van der Waals surface area (Å²) in [6.07, 6.45) is 2.61. The summed E-state index contributed by atoms with van der Waals surface area (Å²) in [6.45, 7) is 4.68. The highest BCUT2D eigenvalue weighted by molar-refractivity contribution is 4.56. The van der Waals surface area contributed by atoms with E-state index in [4.69, 9.17) is 0 Å². The number of nitrogens with one attached hydrogen (secondary N) is 1. The fraction of sp³-hybridized carbons (Fsp3) is 1.00. The SMILES string of the molecule is CNCCC(C)CCN(C)C. The fourth-order valence-corrected chi connectivity index (χ4v) is 1.01. The van der Waals surface area contributed by atoms with Crippen LogP contribution in [0.5, 0.6) is 0 Å². The molecule has 2 nitrogen and oxygen atoms in total. The first-order valence-electron chi connectivity index (χ1n) is 4.46. The maximum Gasteiger partial charge on any atom is -0.00223 e. The van der Waals surface area contributed by atoms with Crippen LogP contribution in [0.15, 0.2) is 0 Å². The van der Waals surface area contributed by atoms with Gasteiger partial charge in [0.05, 0.1) is 0 Å². The van der Waals surface area contributed by atoms with Crippen molar-refractivity contribution in [3.8, 4) is 0 Å². The molecule has 0 amide bonds. The van der Waals surface area contributed by atoms with E-state index in [0.29, 0.717) is 0 Å². The second kappa shape index (κ2) is 6.62. The zero-order valence-electron chi connectivity index (χ0n) is 8.35. The van der Waals surface area contributed by atoms with Gasteiger partial charge in [-0.3, -0.25) is 0 Å². The van der Waals surface area contributed by atoms with Crippen LogP contribution < -0.4 is 5.32 Å². The summed E-state index contributed by atoms with van der Waals surface area (Å²) in [5, 5.41) is 3.17. The molecule has 11 heavy (non-hydrogen) atoms. The molecule has 0 aliphatic carbocycles. The molecular formula is C9H22N2. The molecule has 0 aromatic rings. The molecule has 0 spiro atoms. The minimum atomic E-state index is 0.852. The number of nitrogens with zero attached hydrogens (tertiary/aromatic N) is 1. The summed E-state index contributed by atoms with van der Waals surface area (Å²) in [6, 6.07) is 0. The Morgan fingerprint density at radius 3 is 2.36 bits per heavy atom. The smallest absolute Gasteiger partial charge is 0.00223 e. The van der Waals surface area contributed by atoms with Gasteiger partial charge in [0.25, 0.3) is 0 Å². The number of rotatable bonds is 6. The van der Waals surface area contributed by atoms with Gasteiger partial charge in [0, 0.05) is 0 Å². The average molecular weight is 158 g/mol. The van der Waals surface area contributed by atoms with Crippen molar-refractivity contribution < 1.29 is 0 Å². The van der Waals surface area contributed by atoms with Crippen molar-refractivity contribution >= 4 is 0 Å². The third kappa shape index (κ3) is 7.82. The maximum absolute atomic E-state index is 3.17. The molecule has 1 atom stereocenters. The predicted octanol–water partition coefficient (Wildman–Crippen LogP) is 1.18. The molecule has 2 heteroatoms. The van der Waals surface area contributed by atoms with Crippen LogP contribution in [0.4, 0.5) is 0 Å². The van der Waals surface area contributed by atoms with Crippen LogP contribution in [0.3, 0.4) is 0 Å². The highest BCUT2D eigenvalue weighted by Gasteiger charge is 2.00. The van der Waals surface area contributed by atoms with Crippen molar-refractivity contribution in [2.75, 3.05) is 34.2 Å². The Kier molecular flexibility index (Phi) is 6.57. The van der Waals surface area contributed by atoms with E-state index >= 15 is 0 Å². The Balaban J connectivity index is 3.15. The molecule has 0 saturated heterocycles. The number of hydrogen-bond donors (Lipinski definition) is 1. The van der Waals surface area contributed by atoms with Crippen molar-refractivity contribution in [1.29, 1.82) is 0 Å². The lowest BCUT2D eigenvalue weighted by molar-refractivity contribution is 0.350. The lowest BCUT2D eigenvalue weighted by Crippen LogP contribution is -2.18. The summed E-state index contributed by atoms with van der Waals surface area (Å²) in [5.74, 6) is 0.852. The zero-order chi connectivity index (χ0) is 8.69. The highest BCUT2D eigenvalue weighted by atomic mass is 15.0. The van der Waals surface area contributed by atoms with Gasteiger partial charge in [-0.25, -0.2) is 0 Å². The van der Waals surface area contributed by atoms with Crippen molar-refractivity contribution in [3.05, 3.63) is 0 Å². The molecule has 0 aromatic carbocycles. The lowest BCUT2D eigenvalue weighted by atomic mass is 10.0. The minimum Gasteiger partial charge on any atom is -0.320 e. The third-order valence-corrected chi connectivity index (χ3v) is 1.96. The van der Waals surface area contributed by atoms with E-state index in [2.05, 4.69) is 31.2 Å². The Morgan fingerprint density at radius 2 is 1.91 bits per heavy atom. The van der Waals surface area contributed by atoms with Crippen LogP contribution in [0.25, 0.3) is 0 Å². The predicted molar refractivity (Wildman–Crippen MR) is 50.9 cm³/mol. The molecular weight excluding hydrogens is 136 g/mol. The molecule has 68 valence electrons. The topological polar surface area (TPSA) is 15.3 Å². The van der Waals surface area contributed by atoms with Gasteiger partial charge < -0.3 is 10.2 Å². The zero-order valence-corrected chi connectivity index (χ0v) is 8.35. The van der Waals surface area contributed by atoms with E-state index in [-0.39, 0.29) is 0 Å². The Bertz CT molecular complexity index is 81.6. The van der Waals surface area contributed by atoms with Gasteiger partial charge in [0.1, 0.15) is 0 Å². The van der Waals surface area contributed by atoms with Crippen LogP contribution in [0.2, 0.25) is 0 Å². The Morgan fingerprint density at radius 1 is 1.27 bits per heavy atom. The molecule has 0 rings (SSSR count). The Hall–Kier alpha value is -0.0800. The monoisotopic (exact) mass is 158 g/mol. The Labute approximate surface area is 71.0 Å². The van der Waals surface area contributed by atoms with Gasteiger partial charge in [-0.2, -0.15) is 0 Å². The first kappa shape index (κ1) is 10.9. The highest BCUT2D eigenvalue weighted by Crippen LogP contribution is 2.05. The van der Waals surface area contributed by atoms with E-state index in [0.717, 1.165) is 12.5 Å². The third-order valence-electron chi connectivity index (χ3n) is 1.96. The standard InChI is InChI=1S/C9H22N2/c1-9(5-7-10-2)6-8-11(3)4/h9-10H,5-8H2,1-4H3. The largest absolute Gasteiger partial charge is 0.320 e. The second-order valence-corrected chi connectivity index (χ2v) is 3.59. The van der Waals surface area contributed by atoms with Crippen LogP contribution >= 0.6 is 0 Å². The van der Waals surface area contributed by atoms with Gasteiger partial charge in [-0.15, -0.1) is 0 Å². The van der Waals surface area contributed by atoms with E-state index in [1.165, 1.54) is 19.4 Å². The first-order valence-corrected chi connectivity index (χ1v) is 4.46. The lowest BCUT2D eigenvalue weighted by Gasteiger charge is -2.14. The van der Waals surface area contributed by atoms with Crippen LogP contribution in [0, 0.1) is 5.92 Å². The molecule has 0 aliphatic heterocycles. The van der Waals surface area contributed by atoms with Gasteiger partial charge in [-0.1, -0.05) is 6.92 Å². The molecule has 0 aliphatic rings. The van der Waals surface area contributed by atoms with Crippen molar-refractivity contribution in [1.82, 2.24) is 10.2 Å². The number of hydrogen-bond acceptors (Lipinski definition) is 2. The molecule has 0 saturated carbocycles. The van der Waals surface area contributed by atoms with Crippen molar-refractivity contribution in [3.63, 3.8) is 0 Å². The van der Waals surface area contributed by atoms with E-state index < -0.39 is 0 Å². The van der Waals surface area contributed by atoms with Gasteiger partial charge in [0.2, 0.25) is 0 Å². The van der Waals surface area contributed by atoms with Crippen LogP contribution in [-0.4, -0.2) is 39.1 Å². The van der Waals surface area contributed by atoms with Crippen molar-refractivity contribution in [2.45, 2.75) is 19.8 Å². The van der Waals surface area contributed by atoms with E-state index in [9.17, 15) is 0 Å². The molecule has 1 N–H and O–H groups in total. The molecule has 1 unspecified atom stereocenters. The summed E-state index contributed by atoms with van der Waals surface area (Å²) < 4.78 is 0. The van der Waals surface area contributed by atoms with E-state index in [1.54, 1.807) is 0 Å². The molecule has 0 fully saturated rings. The summed E-state index contributed by atoms with van der Waals surface area (Å²) in [4.78, 5) is 2.25. The summed E-state index contributed by atoms with van der Waals surface area (Å²) in [5.41, 5.74) is 0. The molecule has 0 aromatic heterocycles. The fourth-order valence-electron chi connectivity index (χ4n) is 1.01. The minimum absolute atomic E-state index is 0.852. The molecule has 0 heterocycles. The quantitative estimate of drug-likeness (QED) is 0.624. The van der Waals surface area contributed by atoms with Gasteiger partial charge in [0.15, 0.2) is 0 Å². The first-order chi connectivity index (χ1) is 5.16. The van der Waals surface area contributed by atoms with Gasteiger partial charge >= 0.3 is 0 Å². The second-order valence-electron chi connectivity index (χ2n) is 3.59. The summed E-state index contributed by atoms with van der Waals surface area (Å²) in [7, 11) is 6.27. The normalized spacial score (nSPS) is 13.9. The van der Waals surface area contributed by atoms with Gasteiger partial charge in [-0.05, 0) is 53.0 Å².